The fourth-order valence-electron chi connectivity index (χ4n) is 2.77. The summed E-state index contributed by atoms with van der Waals surface area (Å²) in [5, 5.41) is 2.64. The number of fused-ring (bicyclic) bond motifs is 3. The number of aliphatic imine (C=N–C) groups is 1. The Hall–Kier alpha value is -2.35. The maximum Gasteiger partial charge on any atom is 0.0585 e. The average molecular weight is 232 g/mol. The lowest BCUT2D eigenvalue weighted by atomic mass is 10.1. The Bertz CT molecular complexity index is 806. The standard InChI is InChI=1S/C16H12N2/c1-2-7-15-13(5-1)14-6-3-4-12-8-9-17-10-11-18(15)16(12)14/h1-10H,11H2. The lowest BCUT2D eigenvalue weighted by Crippen LogP contribution is -2.00. The molecule has 0 amide bonds. The molecule has 3 aromatic rings. The fourth-order valence-corrected chi connectivity index (χ4v) is 2.77. The number of nitrogens with zero attached hydrogens (tertiary/aromatic N) is 2. The summed E-state index contributed by atoms with van der Waals surface area (Å²) in [5.41, 5.74) is 3.82. The maximum atomic E-state index is 4.28. The number of benzene rings is 2. The zero-order valence-corrected chi connectivity index (χ0v) is 9.88. The van der Waals surface area contributed by atoms with E-state index in [1.54, 1.807) is 0 Å². The van der Waals surface area contributed by atoms with Crippen LogP contribution >= 0.6 is 0 Å². The van der Waals surface area contributed by atoms with Crippen molar-refractivity contribution in [2.45, 2.75) is 6.54 Å². The van der Waals surface area contributed by atoms with Crippen LogP contribution in [0.1, 0.15) is 5.56 Å². The quantitative estimate of drug-likeness (QED) is 0.560. The SMILES string of the molecule is C1=Cc2cccc3c4ccccc4n(c23)CC=N1. The molecule has 1 aromatic heterocycles. The molecule has 2 heterocycles. The van der Waals surface area contributed by atoms with Crippen LogP contribution in [0.3, 0.4) is 0 Å². The van der Waals surface area contributed by atoms with Crippen LogP contribution in [0.25, 0.3) is 27.9 Å². The largest absolute Gasteiger partial charge is 0.335 e. The molecular formula is C16H12N2. The molecule has 4 rings (SSSR count). The highest BCUT2D eigenvalue weighted by atomic mass is 15.0. The second kappa shape index (κ2) is 3.57. The molecule has 0 aliphatic carbocycles. The number of rotatable bonds is 0. The molecule has 1 aliphatic rings. The van der Waals surface area contributed by atoms with Gasteiger partial charge in [0, 0.05) is 34.3 Å². The van der Waals surface area contributed by atoms with E-state index in [2.05, 4.69) is 58.1 Å². The first kappa shape index (κ1) is 9.66. The van der Waals surface area contributed by atoms with E-state index in [9.17, 15) is 0 Å². The molecule has 0 saturated carbocycles. The number of aromatic nitrogens is 1. The Morgan fingerprint density at radius 2 is 1.83 bits per heavy atom. The predicted octanol–water partition coefficient (Wildman–Crippen LogP) is 3.85. The highest BCUT2D eigenvalue weighted by Crippen LogP contribution is 2.31. The second-order valence-corrected chi connectivity index (χ2v) is 4.52. The summed E-state index contributed by atoms with van der Waals surface area (Å²) < 4.78 is 2.34. The van der Waals surface area contributed by atoms with Crippen molar-refractivity contribution in [2.75, 3.05) is 0 Å². The van der Waals surface area contributed by atoms with Gasteiger partial charge in [-0.05, 0) is 12.1 Å². The van der Waals surface area contributed by atoms with Gasteiger partial charge in [-0.15, -0.1) is 0 Å². The molecule has 18 heavy (non-hydrogen) atoms. The highest BCUT2D eigenvalue weighted by molar-refractivity contribution is 6.10. The third-order valence-corrected chi connectivity index (χ3v) is 3.53. The van der Waals surface area contributed by atoms with Crippen LogP contribution in [-0.4, -0.2) is 10.8 Å². The lowest BCUT2D eigenvalue weighted by molar-refractivity contribution is 0.947. The van der Waals surface area contributed by atoms with Crippen molar-refractivity contribution in [1.29, 1.82) is 0 Å². The van der Waals surface area contributed by atoms with Crippen molar-refractivity contribution in [3.63, 3.8) is 0 Å². The van der Waals surface area contributed by atoms with Crippen molar-refractivity contribution in [3.05, 3.63) is 54.2 Å². The summed E-state index contributed by atoms with van der Waals surface area (Å²) in [6.07, 6.45) is 5.90. The molecule has 2 aromatic carbocycles. The van der Waals surface area contributed by atoms with Gasteiger partial charge in [-0.25, -0.2) is 0 Å². The van der Waals surface area contributed by atoms with Crippen molar-refractivity contribution in [2.24, 2.45) is 4.99 Å². The number of para-hydroxylation sites is 2. The zero-order valence-electron chi connectivity index (χ0n) is 9.88. The first-order valence-corrected chi connectivity index (χ1v) is 6.13. The van der Waals surface area contributed by atoms with Gasteiger partial charge < -0.3 is 4.57 Å². The Balaban J connectivity index is 2.30. The normalized spacial score (nSPS) is 14.0. The van der Waals surface area contributed by atoms with E-state index in [1.165, 1.54) is 27.4 Å². The summed E-state index contributed by atoms with van der Waals surface area (Å²) in [5.74, 6) is 0. The lowest BCUT2D eigenvalue weighted by Gasteiger charge is -2.07. The van der Waals surface area contributed by atoms with Gasteiger partial charge in [0.1, 0.15) is 0 Å². The van der Waals surface area contributed by atoms with Gasteiger partial charge in [0.05, 0.1) is 12.1 Å². The molecule has 1 aliphatic heterocycles. The predicted molar refractivity (Wildman–Crippen MR) is 77.0 cm³/mol. The van der Waals surface area contributed by atoms with Gasteiger partial charge in [0.15, 0.2) is 0 Å². The second-order valence-electron chi connectivity index (χ2n) is 4.52. The highest BCUT2D eigenvalue weighted by Gasteiger charge is 2.12. The third kappa shape index (κ3) is 1.20. The molecule has 0 atom stereocenters. The van der Waals surface area contributed by atoms with E-state index >= 15 is 0 Å². The fraction of sp³-hybridized carbons (Fsp3) is 0.0625. The van der Waals surface area contributed by atoms with Crippen LogP contribution < -0.4 is 0 Å². The van der Waals surface area contributed by atoms with Crippen molar-refractivity contribution >= 4 is 34.1 Å². The molecule has 2 heteroatoms. The van der Waals surface area contributed by atoms with Crippen LogP contribution in [0.15, 0.2) is 53.7 Å². The molecule has 0 unspecified atom stereocenters. The zero-order chi connectivity index (χ0) is 11.9. The molecule has 86 valence electrons. The van der Waals surface area contributed by atoms with Crippen LogP contribution in [0.4, 0.5) is 0 Å². The van der Waals surface area contributed by atoms with Gasteiger partial charge in [-0.1, -0.05) is 36.4 Å². The molecule has 0 saturated heterocycles. The third-order valence-electron chi connectivity index (χ3n) is 3.53. The molecule has 0 fully saturated rings. The van der Waals surface area contributed by atoms with E-state index in [0.717, 1.165) is 6.54 Å². The minimum atomic E-state index is 0.825. The Kier molecular flexibility index (Phi) is 1.92. The molecule has 2 nitrogen and oxygen atoms in total. The van der Waals surface area contributed by atoms with Gasteiger partial charge in [0.2, 0.25) is 0 Å². The smallest absolute Gasteiger partial charge is 0.0585 e. The topological polar surface area (TPSA) is 17.3 Å². The van der Waals surface area contributed by atoms with Crippen molar-refractivity contribution < 1.29 is 0 Å². The molecular weight excluding hydrogens is 220 g/mol. The van der Waals surface area contributed by atoms with Crippen LogP contribution in [0.5, 0.6) is 0 Å². The summed E-state index contributed by atoms with van der Waals surface area (Å²) in [6, 6.07) is 15.0. The van der Waals surface area contributed by atoms with Gasteiger partial charge >= 0.3 is 0 Å². The van der Waals surface area contributed by atoms with Crippen LogP contribution in [0.2, 0.25) is 0 Å². The summed E-state index contributed by atoms with van der Waals surface area (Å²) in [7, 11) is 0. The van der Waals surface area contributed by atoms with E-state index < -0.39 is 0 Å². The van der Waals surface area contributed by atoms with Crippen LogP contribution in [0, 0.1) is 0 Å². The summed E-state index contributed by atoms with van der Waals surface area (Å²) in [4.78, 5) is 4.28. The first-order valence-electron chi connectivity index (χ1n) is 6.13. The molecule has 0 spiro atoms. The van der Waals surface area contributed by atoms with E-state index in [0.29, 0.717) is 0 Å². The first-order chi connectivity index (χ1) is 8.95. The number of hydrogen-bond acceptors (Lipinski definition) is 1. The monoisotopic (exact) mass is 232 g/mol. The Morgan fingerprint density at radius 3 is 2.83 bits per heavy atom. The van der Waals surface area contributed by atoms with Gasteiger partial charge in [-0.3, -0.25) is 4.99 Å². The summed E-state index contributed by atoms with van der Waals surface area (Å²) >= 11 is 0. The minimum Gasteiger partial charge on any atom is -0.335 e. The van der Waals surface area contributed by atoms with Crippen molar-refractivity contribution in [3.8, 4) is 0 Å². The minimum absolute atomic E-state index is 0.825. The average Bonchev–Trinajstić information content (AvgIpc) is 2.70. The molecule has 0 radical (unpaired) electrons. The Labute approximate surface area is 105 Å². The summed E-state index contributed by atoms with van der Waals surface area (Å²) in [6.45, 7) is 0.825. The van der Waals surface area contributed by atoms with Crippen LogP contribution in [-0.2, 0) is 6.54 Å². The Morgan fingerprint density at radius 1 is 0.944 bits per heavy atom. The van der Waals surface area contributed by atoms with Gasteiger partial charge in [-0.2, -0.15) is 0 Å². The van der Waals surface area contributed by atoms with E-state index in [1.807, 2.05) is 12.4 Å². The molecule has 0 bridgehead atoms. The van der Waals surface area contributed by atoms with Crippen molar-refractivity contribution in [1.82, 2.24) is 4.57 Å². The maximum absolute atomic E-state index is 4.28. The van der Waals surface area contributed by atoms with E-state index in [4.69, 9.17) is 0 Å². The molecule has 0 N–H and O–H groups in total. The number of hydrogen-bond donors (Lipinski definition) is 0. The van der Waals surface area contributed by atoms with E-state index in [-0.39, 0.29) is 0 Å². The van der Waals surface area contributed by atoms with Gasteiger partial charge in [0.25, 0.3) is 0 Å².